The molecule has 0 aromatic rings. The van der Waals surface area contributed by atoms with Gasteiger partial charge in [-0.25, -0.2) is 0 Å². The van der Waals surface area contributed by atoms with Crippen molar-refractivity contribution < 1.29 is 0 Å². The molecule has 16 heavy (non-hydrogen) atoms. The summed E-state index contributed by atoms with van der Waals surface area (Å²) >= 11 is 0. The van der Waals surface area contributed by atoms with Crippen LogP contribution >= 0.6 is 0 Å². The lowest BCUT2D eigenvalue weighted by atomic mass is 10.1. The number of hydrogen-bond acceptors (Lipinski definition) is 1. The van der Waals surface area contributed by atoms with Gasteiger partial charge in [0.1, 0.15) is 0 Å². The lowest BCUT2D eigenvalue weighted by molar-refractivity contribution is 0.504. The fraction of sp³-hybridized carbons (Fsp3) is 1.00. The predicted molar refractivity (Wildman–Crippen MR) is 76.7 cm³/mol. The fourth-order valence-corrected chi connectivity index (χ4v) is 6.98. The summed E-state index contributed by atoms with van der Waals surface area (Å²) in [7, 11) is 1.31. The van der Waals surface area contributed by atoms with Crippen molar-refractivity contribution in [3.63, 3.8) is 0 Å². The van der Waals surface area contributed by atoms with Crippen LogP contribution in [0, 0.1) is 0 Å². The highest BCUT2D eigenvalue weighted by atomic mass is 28.3. The van der Waals surface area contributed by atoms with Gasteiger partial charge in [0.05, 0.1) is 8.07 Å². The Morgan fingerprint density at radius 2 is 1.62 bits per heavy atom. The van der Waals surface area contributed by atoms with Crippen molar-refractivity contribution in [2.24, 2.45) is 0 Å². The van der Waals surface area contributed by atoms with Crippen LogP contribution in [0.5, 0.6) is 0 Å². The molecular weight excluding hydrogens is 210 g/mol. The van der Waals surface area contributed by atoms with Crippen LogP contribution in [0.15, 0.2) is 0 Å². The molecule has 0 aromatic carbocycles. The minimum atomic E-state index is -1.06. The highest BCUT2D eigenvalue weighted by Gasteiger charge is 2.65. The van der Waals surface area contributed by atoms with Crippen LogP contribution in [0.1, 0.15) is 52.4 Å². The van der Waals surface area contributed by atoms with E-state index in [1.807, 2.05) is 0 Å². The summed E-state index contributed by atoms with van der Waals surface area (Å²) in [5, 5.41) is 0.637. The lowest BCUT2D eigenvalue weighted by Crippen LogP contribution is -2.45. The third kappa shape index (κ3) is 2.38. The van der Waals surface area contributed by atoms with Crippen molar-refractivity contribution >= 4 is 8.07 Å². The quantitative estimate of drug-likeness (QED) is 0.474. The minimum Gasteiger partial charge on any atom is -0.297 e. The van der Waals surface area contributed by atoms with Gasteiger partial charge < -0.3 is 0 Å². The van der Waals surface area contributed by atoms with Gasteiger partial charge in [0.15, 0.2) is 0 Å². The Kier molecular flexibility index (Phi) is 4.64. The summed E-state index contributed by atoms with van der Waals surface area (Å²) in [6.45, 7) is 12.3. The minimum absolute atomic E-state index is 0.637. The van der Waals surface area contributed by atoms with E-state index < -0.39 is 8.07 Å². The molecule has 3 atom stereocenters. The van der Waals surface area contributed by atoms with Crippen LogP contribution in [0.3, 0.4) is 0 Å². The number of unbranched alkanes of at least 4 members (excludes halogenated alkanes) is 2. The second kappa shape index (κ2) is 5.22. The number of nitrogens with zero attached hydrogens (tertiary/aromatic N) is 1. The van der Waals surface area contributed by atoms with Gasteiger partial charge in [-0.05, 0) is 19.9 Å². The zero-order valence-corrected chi connectivity index (χ0v) is 13.3. The van der Waals surface area contributed by atoms with Crippen LogP contribution in [-0.4, -0.2) is 31.2 Å². The van der Waals surface area contributed by atoms with Gasteiger partial charge in [-0.1, -0.05) is 59.2 Å². The Labute approximate surface area is 104 Å². The van der Waals surface area contributed by atoms with Gasteiger partial charge in [0.2, 0.25) is 0 Å². The first-order chi connectivity index (χ1) is 7.41. The molecule has 1 heterocycles. The smallest absolute Gasteiger partial charge is 0.0697 e. The molecule has 0 bridgehead atoms. The Morgan fingerprint density at radius 3 is 2.06 bits per heavy atom. The van der Waals surface area contributed by atoms with Crippen molar-refractivity contribution in [2.45, 2.75) is 83.2 Å². The van der Waals surface area contributed by atoms with Crippen molar-refractivity contribution in [3.8, 4) is 0 Å². The first kappa shape index (κ1) is 14.2. The molecule has 0 N–H and O–H groups in total. The second-order valence-electron chi connectivity index (χ2n) is 6.55. The Balaban J connectivity index is 2.68. The van der Waals surface area contributed by atoms with E-state index in [2.05, 4.69) is 45.4 Å². The zero-order chi connectivity index (χ0) is 12.4. The molecule has 96 valence electrons. The molecule has 0 amide bonds. The van der Waals surface area contributed by atoms with Crippen molar-refractivity contribution in [2.75, 3.05) is 7.05 Å². The molecule has 1 aliphatic rings. The average molecular weight is 241 g/mol. The van der Waals surface area contributed by atoms with Crippen molar-refractivity contribution in [1.29, 1.82) is 0 Å². The third-order valence-corrected chi connectivity index (χ3v) is 8.16. The molecule has 0 aliphatic carbocycles. The summed E-state index contributed by atoms with van der Waals surface area (Å²) < 4.78 is 0. The molecule has 1 nitrogen and oxygen atoms in total. The first-order valence-electron chi connectivity index (χ1n) is 7.14. The standard InChI is InChI=1S/C14H31NSi/c1-7-9-11-13-14(15(13)3,12-10-8-2)16(4,5)6/h13H,7-12H2,1-6H3/t13-,14-,15?/m1/s1. The molecule has 1 saturated heterocycles. The average Bonchev–Trinajstić information content (AvgIpc) is 2.77. The summed E-state index contributed by atoms with van der Waals surface area (Å²) in [5.74, 6) is 0. The van der Waals surface area contributed by atoms with Crippen molar-refractivity contribution in [3.05, 3.63) is 0 Å². The number of likely N-dealkylation sites (N-methyl/N-ethyl adjacent to an activating group) is 1. The van der Waals surface area contributed by atoms with E-state index in [0.29, 0.717) is 5.16 Å². The highest BCUT2D eigenvalue weighted by molar-refractivity contribution is 6.80. The monoisotopic (exact) mass is 241 g/mol. The molecule has 1 fully saturated rings. The summed E-state index contributed by atoms with van der Waals surface area (Å²) in [5.41, 5.74) is 0. The number of rotatable bonds is 7. The SMILES string of the molecule is CCCC[C@H]1N(C)[C@]1(CCCC)[Si](C)(C)C. The summed E-state index contributed by atoms with van der Waals surface area (Å²) in [6, 6.07) is 0.908. The van der Waals surface area contributed by atoms with E-state index in [9.17, 15) is 0 Å². The highest BCUT2D eigenvalue weighted by Crippen LogP contribution is 2.52. The Bertz CT molecular complexity index is 221. The Hall–Kier alpha value is 0.177. The van der Waals surface area contributed by atoms with Crippen molar-refractivity contribution in [1.82, 2.24) is 4.90 Å². The molecule has 0 spiro atoms. The lowest BCUT2D eigenvalue weighted by Gasteiger charge is -2.30. The van der Waals surface area contributed by atoms with E-state index >= 15 is 0 Å². The molecule has 1 unspecified atom stereocenters. The van der Waals surface area contributed by atoms with E-state index in [0.717, 1.165) is 6.04 Å². The van der Waals surface area contributed by atoms with Crippen LogP contribution in [0.2, 0.25) is 19.6 Å². The third-order valence-electron chi connectivity index (χ3n) is 4.62. The molecule has 0 saturated carbocycles. The molecule has 1 aliphatic heterocycles. The number of hydrogen-bond donors (Lipinski definition) is 0. The molecule has 0 radical (unpaired) electrons. The Morgan fingerprint density at radius 1 is 1.06 bits per heavy atom. The van der Waals surface area contributed by atoms with Gasteiger partial charge in [0, 0.05) is 11.2 Å². The van der Waals surface area contributed by atoms with E-state index in [4.69, 9.17) is 0 Å². The largest absolute Gasteiger partial charge is 0.297 e. The van der Waals surface area contributed by atoms with E-state index in [1.165, 1.54) is 38.5 Å². The summed E-state index contributed by atoms with van der Waals surface area (Å²) in [4.78, 5) is 2.71. The van der Waals surface area contributed by atoms with E-state index in [-0.39, 0.29) is 0 Å². The van der Waals surface area contributed by atoms with Crippen LogP contribution in [0.4, 0.5) is 0 Å². The molecule has 0 aromatic heterocycles. The van der Waals surface area contributed by atoms with Crippen LogP contribution in [0.25, 0.3) is 0 Å². The zero-order valence-electron chi connectivity index (χ0n) is 12.3. The maximum absolute atomic E-state index is 2.71. The maximum atomic E-state index is 2.71. The van der Waals surface area contributed by atoms with Gasteiger partial charge >= 0.3 is 0 Å². The van der Waals surface area contributed by atoms with Gasteiger partial charge in [-0.2, -0.15) is 0 Å². The van der Waals surface area contributed by atoms with E-state index in [1.54, 1.807) is 0 Å². The van der Waals surface area contributed by atoms with Gasteiger partial charge in [-0.3, -0.25) is 4.90 Å². The normalized spacial score (nSPS) is 34.1. The van der Waals surface area contributed by atoms with Gasteiger partial charge in [-0.15, -0.1) is 0 Å². The van der Waals surface area contributed by atoms with Crippen LogP contribution in [-0.2, 0) is 0 Å². The van der Waals surface area contributed by atoms with Gasteiger partial charge in [0.25, 0.3) is 0 Å². The molecule has 1 rings (SSSR count). The maximum Gasteiger partial charge on any atom is 0.0697 e. The summed E-state index contributed by atoms with van der Waals surface area (Å²) in [6.07, 6.45) is 8.40. The van der Waals surface area contributed by atoms with Crippen LogP contribution < -0.4 is 0 Å². The fourth-order valence-electron chi connectivity index (χ4n) is 3.57. The molecule has 2 heteroatoms. The second-order valence-corrected chi connectivity index (χ2v) is 11.9. The first-order valence-corrected chi connectivity index (χ1v) is 10.6. The molecular formula is C14H31NSi. The topological polar surface area (TPSA) is 3.01 Å². The predicted octanol–water partition coefficient (Wildman–Crippen LogP) is 4.30.